The van der Waals surface area contributed by atoms with Crippen LogP contribution in [-0.4, -0.2) is 12.1 Å². The summed E-state index contributed by atoms with van der Waals surface area (Å²) in [7, 11) is 1.63. The topological polar surface area (TPSA) is 74.2 Å². The molecule has 0 bridgehead atoms. The normalized spacial score (nSPS) is 12.2. The molecule has 0 fully saturated rings. The second-order valence-electron chi connectivity index (χ2n) is 4.21. The lowest BCUT2D eigenvalue weighted by Crippen LogP contribution is -2.15. The van der Waals surface area contributed by atoms with Gasteiger partial charge in [-0.3, -0.25) is 0 Å². The van der Waals surface area contributed by atoms with Gasteiger partial charge in [0.25, 0.3) is 0 Å². The fourth-order valence-electron chi connectivity index (χ4n) is 1.94. The molecule has 1 unspecified atom stereocenters. The molecule has 0 aliphatic carbocycles. The van der Waals surface area contributed by atoms with Gasteiger partial charge in [-0.1, -0.05) is 18.2 Å². The van der Waals surface area contributed by atoms with Crippen LogP contribution >= 0.6 is 0 Å². The number of hydrogen-bond acceptors (Lipinski definition) is 4. The second kappa shape index (κ2) is 5.06. The number of nitrogens with two attached hydrogens (primary N) is 2. The number of methoxy groups -OCH3 is 1. The first kappa shape index (κ1) is 12.4. The molecule has 1 heterocycles. The Labute approximate surface area is 107 Å². The summed E-state index contributed by atoms with van der Waals surface area (Å²) in [6.07, 6.45) is 1.73. The largest absolute Gasteiger partial charge is 0.496 e. The second-order valence-corrected chi connectivity index (χ2v) is 4.21. The van der Waals surface area contributed by atoms with Crippen LogP contribution < -0.4 is 16.2 Å². The molecule has 2 aromatic rings. The molecule has 0 amide bonds. The summed E-state index contributed by atoms with van der Waals surface area (Å²) < 4.78 is 5.32. The van der Waals surface area contributed by atoms with Crippen molar-refractivity contribution in [3.8, 4) is 5.75 Å². The van der Waals surface area contributed by atoms with Crippen LogP contribution in [0.25, 0.3) is 0 Å². The first-order valence-corrected chi connectivity index (χ1v) is 5.74. The van der Waals surface area contributed by atoms with Crippen LogP contribution in [-0.2, 0) is 0 Å². The Morgan fingerprint density at radius 3 is 2.67 bits per heavy atom. The number of ether oxygens (including phenoxy) is 1. The lowest BCUT2D eigenvalue weighted by atomic mass is 9.98. The van der Waals surface area contributed by atoms with E-state index in [1.54, 1.807) is 13.3 Å². The highest BCUT2D eigenvalue weighted by Gasteiger charge is 2.16. The van der Waals surface area contributed by atoms with Crippen molar-refractivity contribution < 1.29 is 4.74 Å². The van der Waals surface area contributed by atoms with Gasteiger partial charge in [0.2, 0.25) is 0 Å². The van der Waals surface area contributed by atoms with Crippen LogP contribution in [0.4, 0.5) is 5.82 Å². The van der Waals surface area contributed by atoms with E-state index in [2.05, 4.69) is 4.98 Å². The van der Waals surface area contributed by atoms with Crippen LogP contribution in [0.1, 0.15) is 22.7 Å². The zero-order chi connectivity index (χ0) is 13.1. The van der Waals surface area contributed by atoms with Gasteiger partial charge in [0.15, 0.2) is 0 Å². The third kappa shape index (κ3) is 2.28. The van der Waals surface area contributed by atoms with Gasteiger partial charge in [0.05, 0.1) is 13.2 Å². The van der Waals surface area contributed by atoms with Gasteiger partial charge in [0, 0.05) is 17.3 Å². The van der Waals surface area contributed by atoms with Gasteiger partial charge in [-0.25, -0.2) is 4.98 Å². The minimum Gasteiger partial charge on any atom is -0.496 e. The van der Waals surface area contributed by atoms with Crippen LogP contribution in [0.15, 0.2) is 36.5 Å². The van der Waals surface area contributed by atoms with Gasteiger partial charge < -0.3 is 16.2 Å². The number of nitrogens with zero attached hydrogens (tertiary/aromatic N) is 1. The number of nitrogen functional groups attached to an aromatic ring is 1. The molecule has 94 valence electrons. The lowest BCUT2D eigenvalue weighted by Gasteiger charge is -2.17. The summed E-state index contributed by atoms with van der Waals surface area (Å²) in [5.74, 6) is 1.21. The molecule has 1 aromatic carbocycles. The number of aryl methyl sites for hydroxylation is 1. The van der Waals surface area contributed by atoms with Crippen molar-refractivity contribution in [2.75, 3.05) is 12.8 Å². The molecule has 1 aromatic heterocycles. The van der Waals surface area contributed by atoms with E-state index in [9.17, 15) is 0 Å². The lowest BCUT2D eigenvalue weighted by molar-refractivity contribution is 0.408. The van der Waals surface area contributed by atoms with E-state index in [1.807, 2.05) is 37.3 Å². The first-order chi connectivity index (χ1) is 8.63. The van der Waals surface area contributed by atoms with Crippen LogP contribution in [0, 0.1) is 6.92 Å². The van der Waals surface area contributed by atoms with Gasteiger partial charge in [-0.05, 0) is 24.6 Å². The summed E-state index contributed by atoms with van der Waals surface area (Å²) in [5, 5.41) is 0. The first-order valence-electron chi connectivity index (χ1n) is 5.74. The Bertz CT molecular complexity index is 554. The molecule has 2 rings (SSSR count). The maximum atomic E-state index is 6.26. The zero-order valence-electron chi connectivity index (χ0n) is 10.6. The number of anilines is 1. The summed E-state index contributed by atoms with van der Waals surface area (Å²) in [6, 6.07) is 9.28. The average molecular weight is 243 g/mol. The zero-order valence-corrected chi connectivity index (χ0v) is 10.6. The van der Waals surface area contributed by atoms with Gasteiger partial charge in [-0.2, -0.15) is 0 Å². The highest BCUT2D eigenvalue weighted by Crippen LogP contribution is 2.30. The number of rotatable bonds is 3. The standard InChI is InChI=1S/C14H17N3O/c1-9-7-11(14(16)17-8-9)13(15)10-5-3-4-6-12(10)18-2/h3-8,13H,15H2,1-2H3,(H2,16,17). The Kier molecular flexibility index (Phi) is 3.48. The summed E-state index contributed by atoms with van der Waals surface area (Å²) in [4.78, 5) is 4.14. The predicted molar refractivity (Wildman–Crippen MR) is 72.4 cm³/mol. The summed E-state index contributed by atoms with van der Waals surface area (Å²) in [5.41, 5.74) is 14.9. The number of hydrogen-bond donors (Lipinski definition) is 2. The van der Waals surface area contributed by atoms with Crippen molar-refractivity contribution >= 4 is 5.82 Å². The molecule has 0 aliphatic heterocycles. The van der Waals surface area contributed by atoms with Crippen molar-refractivity contribution in [3.05, 3.63) is 53.2 Å². The molecule has 0 spiro atoms. The van der Waals surface area contributed by atoms with E-state index in [0.717, 1.165) is 22.4 Å². The molecule has 0 radical (unpaired) electrons. The van der Waals surface area contributed by atoms with Crippen molar-refractivity contribution in [2.24, 2.45) is 5.73 Å². The van der Waals surface area contributed by atoms with Crippen molar-refractivity contribution in [1.29, 1.82) is 0 Å². The van der Waals surface area contributed by atoms with E-state index < -0.39 is 0 Å². The third-order valence-corrected chi connectivity index (χ3v) is 2.90. The van der Waals surface area contributed by atoms with E-state index in [-0.39, 0.29) is 6.04 Å². The highest BCUT2D eigenvalue weighted by molar-refractivity contribution is 5.49. The van der Waals surface area contributed by atoms with Crippen LogP contribution in [0.2, 0.25) is 0 Å². The molecule has 4 nitrogen and oxygen atoms in total. The number of para-hydroxylation sites is 1. The van der Waals surface area contributed by atoms with E-state index >= 15 is 0 Å². The Hall–Kier alpha value is -2.07. The summed E-state index contributed by atoms with van der Waals surface area (Å²) in [6.45, 7) is 1.96. The molecular formula is C14H17N3O. The predicted octanol–water partition coefficient (Wildman–Crippen LogP) is 2.03. The molecule has 0 aliphatic rings. The van der Waals surface area contributed by atoms with Gasteiger partial charge in [0.1, 0.15) is 11.6 Å². The van der Waals surface area contributed by atoms with Crippen molar-refractivity contribution in [2.45, 2.75) is 13.0 Å². The molecule has 1 atom stereocenters. The molecule has 4 N–H and O–H groups in total. The minimum absolute atomic E-state index is 0.339. The highest BCUT2D eigenvalue weighted by atomic mass is 16.5. The molecule has 0 saturated carbocycles. The monoisotopic (exact) mass is 243 g/mol. The van der Waals surface area contributed by atoms with E-state index in [0.29, 0.717) is 5.82 Å². The Balaban J connectivity index is 2.47. The molecule has 18 heavy (non-hydrogen) atoms. The third-order valence-electron chi connectivity index (χ3n) is 2.90. The van der Waals surface area contributed by atoms with Crippen LogP contribution in [0.5, 0.6) is 5.75 Å². The maximum Gasteiger partial charge on any atom is 0.128 e. The average Bonchev–Trinajstić information content (AvgIpc) is 2.40. The quantitative estimate of drug-likeness (QED) is 0.865. The molecule has 4 heteroatoms. The SMILES string of the molecule is COc1ccccc1C(N)c1cc(C)cnc1N. The number of pyridine rings is 1. The maximum absolute atomic E-state index is 6.26. The molecule has 0 saturated heterocycles. The van der Waals surface area contributed by atoms with Gasteiger partial charge >= 0.3 is 0 Å². The smallest absolute Gasteiger partial charge is 0.128 e. The Morgan fingerprint density at radius 1 is 1.22 bits per heavy atom. The van der Waals surface area contributed by atoms with Crippen LogP contribution in [0.3, 0.4) is 0 Å². The van der Waals surface area contributed by atoms with E-state index in [1.165, 1.54) is 0 Å². The minimum atomic E-state index is -0.339. The van der Waals surface area contributed by atoms with Crippen molar-refractivity contribution in [3.63, 3.8) is 0 Å². The Morgan fingerprint density at radius 2 is 1.94 bits per heavy atom. The number of benzene rings is 1. The number of aromatic nitrogens is 1. The summed E-state index contributed by atoms with van der Waals surface area (Å²) >= 11 is 0. The van der Waals surface area contributed by atoms with E-state index in [4.69, 9.17) is 16.2 Å². The van der Waals surface area contributed by atoms with Crippen molar-refractivity contribution in [1.82, 2.24) is 4.98 Å². The molecular weight excluding hydrogens is 226 g/mol. The fourth-order valence-corrected chi connectivity index (χ4v) is 1.94. The fraction of sp³-hybridized carbons (Fsp3) is 0.214. The van der Waals surface area contributed by atoms with Gasteiger partial charge in [-0.15, -0.1) is 0 Å².